The molecule has 0 fully saturated rings. The Kier molecular flexibility index (Phi) is 20.0. The molecule has 0 bridgehead atoms. The van der Waals surface area contributed by atoms with E-state index in [9.17, 15) is 0 Å². The van der Waals surface area contributed by atoms with Gasteiger partial charge in [-0.15, -0.1) is 0 Å². The fraction of sp³-hybridized carbons (Fsp3) is 0. The average Bonchev–Trinajstić information content (AvgIpc) is 1.26. The van der Waals surface area contributed by atoms with Crippen molar-refractivity contribution in [2.24, 2.45) is 0 Å². The lowest BCUT2D eigenvalue weighted by molar-refractivity contribution is 0.623. The van der Waals surface area contributed by atoms with E-state index in [1.54, 1.807) is 0 Å². The van der Waals surface area contributed by atoms with Gasteiger partial charge in [-0.05, 0) is 213 Å². The maximum absolute atomic E-state index is 6.51. The fourth-order valence-electron chi connectivity index (χ4n) is 19.5. The zero-order valence-corrected chi connectivity index (χ0v) is 74.7. The van der Waals surface area contributed by atoms with Gasteiger partial charge >= 0.3 is 0 Å². The third kappa shape index (κ3) is 15.1. The molecular weight excluding hydrogens is 1700 g/mol. The molecule has 0 unspecified atom stereocenters. The van der Waals surface area contributed by atoms with Crippen LogP contribution in [0, 0.1) is 0 Å². The van der Waals surface area contributed by atoms with E-state index >= 15 is 0 Å². The number of hydrogen-bond donors (Lipinski definition) is 0. The second-order valence-corrected chi connectivity index (χ2v) is 35.0. The van der Waals surface area contributed by atoms with Gasteiger partial charge < -0.3 is 13.3 Å². The lowest BCUT2D eigenvalue weighted by Crippen LogP contribution is -1.95. The van der Waals surface area contributed by atoms with Crippen molar-refractivity contribution in [3.63, 3.8) is 0 Å². The Balaban J connectivity index is 0.000000108. The molecule has 0 N–H and O–H groups in total. The summed E-state index contributed by atoms with van der Waals surface area (Å²) in [4.78, 5) is 45.4. The SMILES string of the molecule is c1ccc(-c2nc3ccc4ccc5cc(-c6ccc7nc(-c8ccccc8)c(-c8ccccc8)nc7c6)ccc5c4c3o2)cc1.c1ccc(-c2nc3ccc4ccc5ccc(-c6cc(-c7ccccc7)c7ncc(-c8ccc9ccccc9c8)nc7c6)cc5c4c3o2)cc1.c1ccc(-c2nc3ccc4ccc5ccc(-c6ccc7nc(-c8ccccc8)c(-c8ccccc8)nc7c6)cc5c4c3o2)cc1. The first-order chi connectivity index (χ1) is 68.8. The molecule has 0 saturated heterocycles. The molecule has 6 heterocycles. The molecule has 12 heteroatoms. The van der Waals surface area contributed by atoms with E-state index in [2.05, 4.69) is 273 Å². The number of aromatic nitrogens is 9. The van der Waals surface area contributed by atoms with Gasteiger partial charge in [-0.25, -0.2) is 39.9 Å². The van der Waals surface area contributed by atoms with Gasteiger partial charge in [-0.2, -0.15) is 0 Å². The lowest BCUT2D eigenvalue weighted by atomic mass is 9.94. The summed E-state index contributed by atoms with van der Waals surface area (Å²) in [6.07, 6.45) is 1.90. The highest BCUT2D eigenvalue weighted by Gasteiger charge is 2.23. The van der Waals surface area contributed by atoms with Crippen LogP contribution in [0.4, 0.5) is 0 Å². The van der Waals surface area contributed by atoms with E-state index in [1.807, 2.05) is 194 Å². The molecule has 0 saturated carbocycles. The largest absolute Gasteiger partial charge is 0.435 e. The Morgan fingerprint density at radius 2 is 0.460 bits per heavy atom. The summed E-state index contributed by atoms with van der Waals surface area (Å²) in [7, 11) is 0. The van der Waals surface area contributed by atoms with Crippen LogP contribution in [0.1, 0.15) is 0 Å². The molecule has 0 aliphatic rings. The maximum Gasteiger partial charge on any atom is 0.227 e. The van der Waals surface area contributed by atoms with Crippen LogP contribution in [0.2, 0.25) is 0 Å². The molecule has 12 nitrogen and oxygen atoms in total. The van der Waals surface area contributed by atoms with Gasteiger partial charge in [0.2, 0.25) is 17.7 Å². The maximum atomic E-state index is 6.51. The van der Waals surface area contributed by atoms with Gasteiger partial charge in [-0.1, -0.05) is 346 Å². The lowest BCUT2D eigenvalue weighted by Gasteiger charge is -2.13. The van der Waals surface area contributed by atoms with Crippen molar-refractivity contribution in [1.29, 1.82) is 0 Å². The van der Waals surface area contributed by atoms with Gasteiger partial charge in [-0.3, -0.25) is 4.98 Å². The normalized spacial score (nSPS) is 11.6. The molecule has 0 aliphatic carbocycles. The number of oxazole rings is 3. The predicted molar refractivity (Wildman–Crippen MR) is 569 cm³/mol. The number of benzene rings is 22. The summed E-state index contributed by atoms with van der Waals surface area (Å²) in [5.74, 6) is 1.89. The molecule has 22 aromatic carbocycles. The van der Waals surface area contributed by atoms with Crippen molar-refractivity contribution >= 4 is 142 Å². The summed E-state index contributed by atoms with van der Waals surface area (Å²) in [6, 6.07) is 159. The quantitative estimate of drug-likeness (QED) is 0.107. The van der Waals surface area contributed by atoms with Crippen LogP contribution in [0.3, 0.4) is 0 Å². The van der Waals surface area contributed by atoms with Gasteiger partial charge in [0.1, 0.15) is 16.6 Å². The first kappa shape index (κ1) is 80.9. The number of hydrogen-bond acceptors (Lipinski definition) is 12. The molecule has 0 amide bonds. The van der Waals surface area contributed by atoms with Gasteiger partial charge in [0.15, 0.2) is 16.7 Å². The van der Waals surface area contributed by atoms with Crippen molar-refractivity contribution in [1.82, 2.24) is 44.9 Å². The predicted octanol–water partition coefficient (Wildman–Crippen LogP) is 33.4. The summed E-state index contributed by atoms with van der Waals surface area (Å²) in [5, 5.41) is 15.8. The van der Waals surface area contributed by atoms with E-state index in [-0.39, 0.29) is 0 Å². The van der Waals surface area contributed by atoms with Crippen LogP contribution >= 0.6 is 0 Å². The van der Waals surface area contributed by atoms with Gasteiger partial charge in [0.05, 0.1) is 67.8 Å². The van der Waals surface area contributed by atoms with E-state index in [0.29, 0.717) is 17.7 Å². The first-order valence-electron chi connectivity index (χ1n) is 46.5. The Labute approximate surface area is 796 Å². The Morgan fingerprint density at radius 1 is 0.158 bits per heavy atom. The second-order valence-electron chi connectivity index (χ2n) is 35.0. The number of nitrogens with zero attached hydrogens (tertiary/aromatic N) is 9. The van der Waals surface area contributed by atoms with Crippen molar-refractivity contribution in [3.05, 3.63) is 467 Å². The Morgan fingerprint density at radius 3 is 0.906 bits per heavy atom. The van der Waals surface area contributed by atoms with Crippen LogP contribution in [-0.2, 0) is 0 Å². The highest BCUT2D eigenvalue weighted by molar-refractivity contribution is 6.22. The molecule has 648 valence electrons. The minimum absolute atomic E-state index is 0.624. The molecule has 0 spiro atoms. The standard InChI is InChI=1S/C45H27N3O.2C41H25N3O/c1-3-10-29(11-4-1)38-25-36(26-40-43(38)46-27-41(47-40)35-20-15-28-9-7-8-14-33(28)23-35)34-19-17-30-16-18-31-21-22-39-44(42(31)37(30)24-34)49-45(48-39)32-12-5-2-6-13-32;1-4-10-28(11-5-1)38-39(29-12-6-2-7-13-29)43-36-25-32(21-22-34(36)42-38)31-19-17-26-16-18-27-20-23-35-40(37(27)33(26)24-31)45-41(44-35)30-14-8-3-9-15-30;1-4-10-27(11-5-1)38-39(28-12-6-2-7-13-28)43-36-25-31(20-22-34(36)42-38)30-18-21-33-32(24-30)17-16-26-19-23-35-40(37(26)33)45-41(44-35)29-14-8-3-9-15-29/h1-27H;2*1-25H. The smallest absolute Gasteiger partial charge is 0.227 e. The van der Waals surface area contributed by atoms with Crippen molar-refractivity contribution in [2.45, 2.75) is 0 Å². The molecule has 0 aliphatic heterocycles. The third-order valence-corrected chi connectivity index (χ3v) is 26.4. The molecular formula is C127H77N9O3. The molecule has 0 radical (unpaired) electrons. The molecule has 0 atom stereocenters. The van der Waals surface area contributed by atoms with Crippen molar-refractivity contribution < 1.29 is 13.3 Å². The second kappa shape index (κ2) is 34.3. The topological polar surface area (TPSA) is 155 Å². The van der Waals surface area contributed by atoms with Crippen molar-refractivity contribution in [3.8, 4) is 135 Å². The van der Waals surface area contributed by atoms with E-state index < -0.39 is 0 Å². The van der Waals surface area contributed by atoms with Gasteiger partial charge in [0.25, 0.3) is 0 Å². The first-order valence-corrected chi connectivity index (χ1v) is 46.5. The highest BCUT2D eigenvalue weighted by atomic mass is 16.4. The van der Waals surface area contributed by atoms with E-state index in [0.717, 1.165) is 249 Å². The van der Waals surface area contributed by atoms with Crippen LogP contribution in [0.15, 0.2) is 480 Å². The van der Waals surface area contributed by atoms with Crippen molar-refractivity contribution in [2.75, 3.05) is 0 Å². The van der Waals surface area contributed by atoms with Crippen LogP contribution in [-0.4, -0.2) is 44.9 Å². The monoisotopic (exact) mass is 1780 g/mol. The third-order valence-electron chi connectivity index (χ3n) is 26.4. The van der Waals surface area contributed by atoms with Crippen LogP contribution in [0.25, 0.3) is 277 Å². The Bertz CT molecular complexity index is 9690. The Hall–Kier alpha value is -18.9. The minimum atomic E-state index is 0.624. The zero-order chi connectivity index (χ0) is 91.8. The number of rotatable bonds is 12. The number of fused-ring (bicyclic) bond motifs is 19. The average molecular weight is 1780 g/mol. The summed E-state index contributed by atoms with van der Waals surface area (Å²) < 4.78 is 19.4. The van der Waals surface area contributed by atoms with Gasteiger partial charge in [0, 0.05) is 66.2 Å². The molecule has 6 aromatic heterocycles. The van der Waals surface area contributed by atoms with Crippen LogP contribution in [0.5, 0.6) is 0 Å². The fourth-order valence-corrected chi connectivity index (χ4v) is 19.5. The summed E-state index contributed by atoms with van der Waals surface area (Å²) >= 11 is 0. The molecule has 28 aromatic rings. The minimum Gasteiger partial charge on any atom is -0.435 e. The van der Waals surface area contributed by atoms with Crippen LogP contribution < -0.4 is 0 Å². The molecule has 139 heavy (non-hydrogen) atoms. The van der Waals surface area contributed by atoms with E-state index in [1.165, 1.54) is 10.8 Å². The molecule has 28 rings (SSSR count). The summed E-state index contributed by atoms with van der Waals surface area (Å²) in [5.41, 5.74) is 31.3. The summed E-state index contributed by atoms with van der Waals surface area (Å²) in [6.45, 7) is 0. The van der Waals surface area contributed by atoms with E-state index in [4.69, 9.17) is 58.1 Å². The zero-order valence-electron chi connectivity index (χ0n) is 74.7. The highest BCUT2D eigenvalue weighted by Crippen LogP contribution is 2.45.